The highest BCUT2D eigenvalue weighted by Gasteiger charge is 2.10. The van der Waals surface area contributed by atoms with Crippen LogP contribution in [0.3, 0.4) is 0 Å². The number of benzene rings is 2. The van der Waals surface area contributed by atoms with Crippen LogP contribution in [0.2, 0.25) is 0 Å². The Labute approximate surface area is 156 Å². The Kier molecular flexibility index (Phi) is 4.92. The predicted octanol–water partition coefficient (Wildman–Crippen LogP) is 5.24. The Morgan fingerprint density at radius 2 is 1.85 bits per heavy atom. The van der Waals surface area contributed by atoms with E-state index in [1.807, 2.05) is 42.6 Å². The summed E-state index contributed by atoms with van der Waals surface area (Å²) >= 11 is 0. The summed E-state index contributed by atoms with van der Waals surface area (Å²) in [6, 6.07) is 18.0. The summed E-state index contributed by atoms with van der Waals surface area (Å²) in [7, 11) is 0. The van der Waals surface area contributed by atoms with E-state index in [-0.39, 0.29) is 12.2 Å². The number of nitrogens with zero attached hydrogens (tertiary/aromatic N) is 2. The van der Waals surface area contributed by atoms with Gasteiger partial charge in [0.1, 0.15) is 12.4 Å². The number of halogens is 2. The lowest BCUT2D eigenvalue weighted by molar-refractivity contribution is 0.151. The fourth-order valence-corrected chi connectivity index (χ4v) is 3.03. The molecule has 5 heteroatoms. The zero-order valence-corrected chi connectivity index (χ0v) is 14.6. The first kappa shape index (κ1) is 17.3. The average molecular weight is 364 g/mol. The topological polar surface area (TPSA) is 34.5 Å². The van der Waals surface area contributed by atoms with Gasteiger partial charge in [-0.3, -0.25) is 9.98 Å². The second kappa shape index (κ2) is 7.66. The smallest absolute Gasteiger partial charge is 0.263 e. The zero-order valence-electron chi connectivity index (χ0n) is 14.6. The molecule has 4 rings (SSSR count). The summed E-state index contributed by atoms with van der Waals surface area (Å²) in [6.07, 6.45) is 0.258. The number of hydrogen-bond acceptors (Lipinski definition) is 3. The van der Waals surface area contributed by atoms with Crippen LogP contribution >= 0.6 is 0 Å². The number of ether oxygens (including phenoxy) is 1. The molecule has 1 aliphatic heterocycles. The number of fused-ring (bicyclic) bond motifs is 1. The van der Waals surface area contributed by atoms with Crippen molar-refractivity contribution in [2.24, 2.45) is 4.99 Å². The molecule has 0 spiro atoms. The van der Waals surface area contributed by atoms with Crippen LogP contribution in [-0.2, 0) is 13.0 Å². The third kappa shape index (κ3) is 4.03. The maximum atomic E-state index is 12.8. The van der Waals surface area contributed by atoms with Gasteiger partial charge in [0.15, 0.2) is 0 Å². The van der Waals surface area contributed by atoms with Crippen molar-refractivity contribution in [1.82, 2.24) is 4.98 Å². The maximum Gasteiger partial charge on any atom is 0.263 e. The van der Waals surface area contributed by atoms with Crippen molar-refractivity contribution in [3.8, 4) is 17.0 Å². The molecular weight excluding hydrogens is 346 g/mol. The lowest BCUT2D eigenvalue weighted by Gasteiger charge is -2.11. The van der Waals surface area contributed by atoms with Crippen molar-refractivity contribution < 1.29 is 13.5 Å². The molecule has 1 aliphatic rings. The summed E-state index contributed by atoms with van der Waals surface area (Å²) in [6.45, 7) is 1.03. The molecule has 0 fully saturated rings. The second-order valence-corrected chi connectivity index (χ2v) is 6.38. The van der Waals surface area contributed by atoms with E-state index >= 15 is 0 Å². The summed E-state index contributed by atoms with van der Waals surface area (Å²) < 4.78 is 31.3. The molecule has 0 amide bonds. The van der Waals surface area contributed by atoms with Crippen molar-refractivity contribution in [2.45, 2.75) is 19.5 Å². The third-order valence-corrected chi connectivity index (χ3v) is 4.48. The molecule has 0 bridgehead atoms. The van der Waals surface area contributed by atoms with E-state index in [4.69, 9.17) is 9.72 Å². The minimum atomic E-state index is -2.47. The molecule has 1 aromatic heterocycles. The van der Waals surface area contributed by atoms with Crippen LogP contribution < -0.4 is 4.74 Å². The van der Waals surface area contributed by atoms with E-state index in [1.54, 1.807) is 12.1 Å². The van der Waals surface area contributed by atoms with E-state index in [0.717, 1.165) is 41.0 Å². The number of rotatable bonds is 5. The van der Waals surface area contributed by atoms with Gasteiger partial charge < -0.3 is 4.74 Å². The van der Waals surface area contributed by atoms with Gasteiger partial charge in [0.25, 0.3) is 6.43 Å². The standard InChI is InChI=1S/C22H18F2N2O/c23-22(24)17-3-1-2-15(12-17)14-27-19-7-4-16(5-8-19)20-9-6-18-13-25-11-10-21(18)26-20/h1-9,12-13,22H,10-11,14H2. The van der Waals surface area contributed by atoms with Gasteiger partial charge in [-0.15, -0.1) is 0 Å². The van der Waals surface area contributed by atoms with Gasteiger partial charge in [0, 0.05) is 35.9 Å². The van der Waals surface area contributed by atoms with E-state index in [9.17, 15) is 8.78 Å². The van der Waals surface area contributed by atoms with Gasteiger partial charge in [-0.05, 0) is 48.0 Å². The molecule has 136 valence electrons. The van der Waals surface area contributed by atoms with Crippen molar-refractivity contribution >= 4 is 6.21 Å². The first-order chi connectivity index (χ1) is 13.2. The van der Waals surface area contributed by atoms with Crippen molar-refractivity contribution in [2.75, 3.05) is 6.54 Å². The summed E-state index contributed by atoms with van der Waals surface area (Å²) in [5, 5.41) is 0. The minimum absolute atomic E-state index is 0.00924. The zero-order chi connectivity index (χ0) is 18.6. The Bertz CT molecular complexity index is 968. The third-order valence-electron chi connectivity index (χ3n) is 4.48. The Morgan fingerprint density at radius 1 is 1.00 bits per heavy atom. The molecule has 3 aromatic rings. The average Bonchev–Trinajstić information content (AvgIpc) is 2.72. The van der Waals surface area contributed by atoms with Crippen molar-refractivity contribution in [3.63, 3.8) is 0 Å². The molecule has 2 aromatic carbocycles. The number of hydrogen-bond donors (Lipinski definition) is 0. The highest BCUT2D eigenvalue weighted by atomic mass is 19.3. The SMILES string of the molecule is FC(F)c1cccc(COc2ccc(-c3ccc4c(n3)CCN=C4)cc2)c1. The lowest BCUT2D eigenvalue weighted by atomic mass is 10.1. The van der Waals surface area contributed by atoms with Crippen molar-refractivity contribution in [1.29, 1.82) is 0 Å². The maximum absolute atomic E-state index is 12.8. The number of aromatic nitrogens is 1. The molecule has 0 saturated heterocycles. The van der Waals surface area contributed by atoms with E-state index < -0.39 is 6.43 Å². The minimum Gasteiger partial charge on any atom is -0.489 e. The molecule has 2 heterocycles. The predicted molar refractivity (Wildman–Crippen MR) is 102 cm³/mol. The summed E-state index contributed by atoms with van der Waals surface area (Å²) in [5.41, 5.74) is 4.80. The summed E-state index contributed by atoms with van der Waals surface area (Å²) in [4.78, 5) is 9.00. The molecule has 27 heavy (non-hydrogen) atoms. The summed E-state index contributed by atoms with van der Waals surface area (Å²) in [5.74, 6) is 0.686. The number of pyridine rings is 1. The Morgan fingerprint density at radius 3 is 2.67 bits per heavy atom. The Balaban J connectivity index is 1.45. The van der Waals surface area contributed by atoms with E-state index in [1.165, 1.54) is 12.1 Å². The Hall–Kier alpha value is -3.08. The molecule has 0 saturated carbocycles. The largest absolute Gasteiger partial charge is 0.489 e. The molecule has 0 unspecified atom stereocenters. The van der Waals surface area contributed by atoms with Crippen LogP contribution in [0, 0.1) is 0 Å². The van der Waals surface area contributed by atoms with Gasteiger partial charge in [-0.2, -0.15) is 0 Å². The van der Waals surface area contributed by atoms with Crippen LogP contribution in [-0.4, -0.2) is 17.7 Å². The van der Waals surface area contributed by atoms with E-state index in [0.29, 0.717) is 5.75 Å². The van der Waals surface area contributed by atoms with Crippen LogP contribution in [0.1, 0.15) is 28.8 Å². The quantitative estimate of drug-likeness (QED) is 0.620. The lowest BCUT2D eigenvalue weighted by Crippen LogP contribution is -2.06. The van der Waals surface area contributed by atoms with E-state index in [2.05, 4.69) is 4.99 Å². The van der Waals surface area contributed by atoms with Gasteiger partial charge >= 0.3 is 0 Å². The van der Waals surface area contributed by atoms with Crippen LogP contribution in [0.5, 0.6) is 5.75 Å². The molecule has 3 nitrogen and oxygen atoms in total. The fourth-order valence-electron chi connectivity index (χ4n) is 3.03. The second-order valence-electron chi connectivity index (χ2n) is 6.38. The van der Waals surface area contributed by atoms with Gasteiger partial charge in [-0.1, -0.05) is 18.2 Å². The van der Waals surface area contributed by atoms with Crippen LogP contribution in [0.4, 0.5) is 8.78 Å². The molecule has 0 aliphatic carbocycles. The highest BCUT2D eigenvalue weighted by molar-refractivity contribution is 5.82. The molecular formula is C22H18F2N2O. The van der Waals surface area contributed by atoms with Crippen molar-refractivity contribution in [3.05, 3.63) is 83.0 Å². The highest BCUT2D eigenvalue weighted by Crippen LogP contribution is 2.24. The first-order valence-electron chi connectivity index (χ1n) is 8.79. The van der Waals surface area contributed by atoms with Gasteiger partial charge in [0.05, 0.1) is 11.4 Å². The van der Waals surface area contributed by atoms with Gasteiger partial charge in [0.2, 0.25) is 0 Å². The van der Waals surface area contributed by atoms with Crippen LogP contribution in [0.15, 0.2) is 65.7 Å². The molecule has 0 atom stereocenters. The van der Waals surface area contributed by atoms with Gasteiger partial charge in [-0.25, -0.2) is 8.78 Å². The van der Waals surface area contributed by atoms with Crippen LogP contribution in [0.25, 0.3) is 11.3 Å². The first-order valence-corrected chi connectivity index (χ1v) is 8.79. The number of alkyl halides is 2. The fraction of sp³-hybridized carbons (Fsp3) is 0.182. The number of aliphatic imine (C=N–C) groups is 1. The monoisotopic (exact) mass is 364 g/mol. The normalized spacial score (nSPS) is 12.9. The molecule has 0 N–H and O–H groups in total. The molecule has 0 radical (unpaired) electrons.